The zero-order valence-corrected chi connectivity index (χ0v) is 27.2. The average Bonchev–Trinajstić information content (AvgIpc) is 2.98. The topological polar surface area (TPSA) is 88.0 Å². The summed E-state index contributed by atoms with van der Waals surface area (Å²) in [5, 5.41) is 3.60. The molecular weight excluding hydrogens is 568 g/mol. The maximum Gasteiger partial charge on any atom is 0.295 e. The highest BCUT2D eigenvalue weighted by atomic mass is 32.2. The lowest BCUT2D eigenvalue weighted by Gasteiger charge is -2.28. The van der Waals surface area contributed by atoms with Crippen LogP contribution in [0.5, 0.6) is 0 Å². The van der Waals surface area contributed by atoms with Gasteiger partial charge in [-0.2, -0.15) is 8.42 Å². The molecule has 0 fully saturated rings. The van der Waals surface area contributed by atoms with Crippen molar-refractivity contribution in [2.24, 2.45) is 4.99 Å². The van der Waals surface area contributed by atoms with Crippen LogP contribution in [0.25, 0.3) is 5.57 Å². The molecule has 2 aromatic rings. The van der Waals surface area contributed by atoms with E-state index in [9.17, 15) is 13.0 Å². The van der Waals surface area contributed by atoms with Crippen LogP contribution >= 0.6 is 0 Å². The molecule has 44 heavy (non-hydrogen) atoms. The van der Waals surface area contributed by atoms with Gasteiger partial charge in [-0.3, -0.25) is 4.55 Å². The number of benzene rings is 2. The highest BCUT2D eigenvalue weighted by molar-refractivity contribution is 7.86. The number of nitrogens with one attached hydrogen (secondary N) is 1. The Morgan fingerprint density at radius 2 is 1.80 bits per heavy atom. The molecule has 2 aliphatic rings. The summed E-state index contributed by atoms with van der Waals surface area (Å²) >= 11 is 0. The number of hydrogen-bond acceptors (Lipinski definition) is 5. The Bertz CT molecular complexity index is 1750. The maximum atomic E-state index is 12.4. The smallest absolute Gasteiger partial charge is 0.295 e. The van der Waals surface area contributed by atoms with Crippen LogP contribution in [0.2, 0.25) is 0 Å². The largest absolute Gasteiger partial charge is 0.461 e. The highest BCUT2D eigenvalue weighted by Gasteiger charge is 2.28. The summed E-state index contributed by atoms with van der Waals surface area (Å²) in [6.45, 7) is 12.5. The van der Waals surface area contributed by atoms with Crippen molar-refractivity contribution in [3.05, 3.63) is 136 Å². The minimum absolute atomic E-state index is 0.0773. The van der Waals surface area contributed by atoms with Crippen molar-refractivity contribution in [1.82, 2.24) is 5.32 Å². The number of aryl methyl sites for hydroxylation is 2. The number of allylic oxidation sites excluding steroid dienone is 9. The first-order chi connectivity index (χ1) is 21.0. The fourth-order valence-electron chi connectivity index (χ4n) is 5.15. The molecule has 0 saturated carbocycles. The molecule has 0 bridgehead atoms. The van der Waals surface area contributed by atoms with Gasteiger partial charge in [0.2, 0.25) is 0 Å². The molecule has 0 saturated heterocycles. The monoisotopic (exact) mass is 610 g/mol. The molecule has 0 radical (unpaired) electrons. The normalized spacial score (nSPS) is 18.5. The molecule has 0 amide bonds. The molecule has 1 aliphatic heterocycles. The van der Waals surface area contributed by atoms with Gasteiger partial charge in [0.15, 0.2) is 0 Å². The Hall–Kier alpha value is -4.20. The summed E-state index contributed by atoms with van der Waals surface area (Å²) < 4.78 is 41.4. The van der Waals surface area contributed by atoms with E-state index in [0.29, 0.717) is 23.5 Å². The van der Waals surface area contributed by atoms with E-state index >= 15 is 0 Å². The molecule has 2 N–H and O–H groups in total. The standard InChI is InChI=1S/C37H42N2O4S/c1-7-9-10-15-25(3)28(6)38-29(14-8-2)22-31-24-34(33-18-11-12-19-36(33)44(40,41)42)32-21-20-30(23-35(32)43-31)39-37-26(4)16-13-17-27(37)5/h9-23,28,38H,7-8,24H2,1-6H3,(H,40,41,42)/b10-9-,25-15-,29-14+,31-22+,39-30?. The predicted octanol–water partition coefficient (Wildman–Crippen LogP) is 9.02. The molecule has 7 heteroatoms. The van der Waals surface area contributed by atoms with Crippen molar-refractivity contribution in [3.63, 3.8) is 0 Å². The van der Waals surface area contributed by atoms with Crippen molar-refractivity contribution in [2.75, 3.05) is 0 Å². The quantitative estimate of drug-likeness (QED) is 0.207. The van der Waals surface area contributed by atoms with Crippen molar-refractivity contribution < 1.29 is 17.7 Å². The molecule has 230 valence electrons. The lowest BCUT2D eigenvalue weighted by Crippen LogP contribution is -2.26. The summed E-state index contributed by atoms with van der Waals surface area (Å²) in [5.74, 6) is 1.22. The number of rotatable bonds is 10. The van der Waals surface area contributed by atoms with Gasteiger partial charge in [0.25, 0.3) is 10.1 Å². The maximum absolute atomic E-state index is 12.4. The van der Waals surface area contributed by atoms with Gasteiger partial charge in [-0.1, -0.05) is 80.1 Å². The van der Waals surface area contributed by atoms with Crippen molar-refractivity contribution in [1.29, 1.82) is 0 Å². The third-order valence-electron chi connectivity index (χ3n) is 7.59. The Labute approximate surface area is 262 Å². The first kappa shape index (κ1) is 32.7. The van der Waals surface area contributed by atoms with Gasteiger partial charge in [-0.25, -0.2) is 4.99 Å². The lowest BCUT2D eigenvalue weighted by molar-refractivity contribution is 0.302. The van der Waals surface area contributed by atoms with Crippen LogP contribution < -0.4 is 5.32 Å². The molecule has 0 aromatic heterocycles. The summed E-state index contributed by atoms with van der Waals surface area (Å²) in [6, 6.07) is 12.7. The average molecular weight is 611 g/mol. The van der Waals surface area contributed by atoms with Crippen LogP contribution in [0.1, 0.15) is 63.6 Å². The van der Waals surface area contributed by atoms with Crippen LogP contribution in [0.15, 0.2) is 129 Å². The van der Waals surface area contributed by atoms with Gasteiger partial charge in [-0.05, 0) is 87.1 Å². The molecule has 1 heterocycles. The Morgan fingerprint density at radius 1 is 1.07 bits per heavy atom. The van der Waals surface area contributed by atoms with Crippen molar-refractivity contribution in [3.8, 4) is 0 Å². The van der Waals surface area contributed by atoms with E-state index in [1.54, 1.807) is 18.2 Å². The van der Waals surface area contributed by atoms with E-state index < -0.39 is 10.1 Å². The Morgan fingerprint density at radius 3 is 2.48 bits per heavy atom. The first-order valence-electron chi connectivity index (χ1n) is 15.0. The number of para-hydroxylation sites is 1. The number of hydrogen-bond donors (Lipinski definition) is 2. The van der Waals surface area contributed by atoms with E-state index in [-0.39, 0.29) is 10.9 Å². The van der Waals surface area contributed by atoms with Crippen LogP contribution in [-0.2, 0) is 14.9 Å². The third kappa shape index (κ3) is 8.04. The first-order valence-corrected chi connectivity index (χ1v) is 16.5. The van der Waals surface area contributed by atoms with Gasteiger partial charge < -0.3 is 10.1 Å². The van der Waals surface area contributed by atoms with Crippen LogP contribution in [0.3, 0.4) is 0 Å². The number of ether oxygens (including phenoxy) is 1. The van der Waals surface area contributed by atoms with Crippen molar-refractivity contribution >= 4 is 27.1 Å². The second-order valence-electron chi connectivity index (χ2n) is 11.1. The molecule has 2 aromatic carbocycles. The van der Waals surface area contributed by atoms with E-state index in [1.165, 1.54) is 11.6 Å². The fraction of sp³-hybridized carbons (Fsp3) is 0.270. The van der Waals surface area contributed by atoms with Gasteiger partial charge in [0, 0.05) is 29.8 Å². The SMILES string of the molecule is CC/C=C\C=C(\C)C(C)NC(=C/CC)/C=C1\CC(c2ccccc2S(=O)(=O)O)=C2C=CC(=Nc3c(C)cccc3C)C=C2O1. The highest BCUT2D eigenvalue weighted by Crippen LogP contribution is 2.41. The second kappa shape index (κ2) is 14.5. The second-order valence-corrected chi connectivity index (χ2v) is 12.4. The predicted molar refractivity (Wildman–Crippen MR) is 181 cm³/mol. The summed E-state index contributed by atoms with van der Waals surface area (Å²) in [6.07, 6.45) is 18.2. The minimum atomic E-state index is -4.46. The van der Waals surface area contributed by atoms with Gasteiger partial charge in [0.05, 0.1) is 11.4 Å². The molecular formula is C37H42N2O4S. The lowest BCUT2D eigenvalue weighted by atomic mass is 9.90. The molecule has 0 spiro atoms. The van der Waals surface area contributed by atoms with E-state index in [1.807, 2.05) is 56.4 Å². The summed E-state index contributed by atoms with van der Waals surface area (Å²) in [4.78, 5) is 4.79. The number of fused-ring (bicyclic) bond motifs is 1. The number of aliphatic imine (C=N–C) groups is 1. The summed E-state index contributed by atoms with van der Waals surface area (Å²) in [7, 11) is -4.46. The molecule has 1 aliphatic carbocycles. The molecule has 1 atom stereocenters. The Kier molecular flexibility index (Phi) is 10.8. The van der Waals surface area contributed by atoms with Crippen LogP contribution in [-0.4, -0.2) is 24.7 Å². The third-order valence-corrected chi connectivity index (χ3v) is 8.50. The molecule has 1 unspecified atom stereocenters. The van der Waals surface area contributed by atoms with Gasteiger partial charge in [-0.15, -0.1) is 0 Å². The van der Waals surface area contributed by atoms with Gasteiger partial charge >= 0.3 is 0 Å². The molecule has 4 rings (SSSR count). The summed E-state index contributed by atoms with van der Waals surface area (Å²) in [5.41, 5.74) is 7.81. The Balaban J connectivity index is 1.81. The number of nitrogens with zero attached hydrogens (tertiary/aromatic N) is 1. The fourth-order valence-corrected chi connectivity index (χ4v) is 5.87. The van der Waals surface area contributed by atoms with E-state index in [4.69, 9.17) is 9.73 Å². The van der Waals surface area contributed by atoms with E-state index in [0.717, 1.165) is 52.2 Å². The van der Waals surface area contributed by atoms with Crippen LogP contribution in [0.4, 0.5) is 5.69 Å². The zero-order valence-electron chi connectivity index (χ0n) is 26.4. The van der Waals surface area contributed by atoms with E-state index in [2.05, 4.69) is 57.3 Å². The zero-order chi connectivity index (χ0) is 31.9. The van der Waals surface area contributed by atoms with Gasteiger partial charge in [0.1, 0.15) is 16.4 Å². The molecule has 6 nitrogen and oxygen atoms in total. The minimum Gasteiger partial charge on any atom is -0.461 e. The van der Waals surface area contributed by atoms with Crippen molar-refractivity contribution in [2.45, 2.75) is 71.7 Å². The van der Waals surface area contributed by atoms with Crippen LogP contribution in [0, 0.1) is 13.8 Å².